The van der Waals surface area contributed by atoms with Crippen molar-refractivity contribution in [3.05, 3.63) is 24.0 Å². The van der Waals surface area contributed by atoms with Crippen LogP contribution >= 0.6 is 0 Å². The van der Waals surface area contributed by atoms with Gasteiger partial charge in [0.1, 0.15) is 5.82 Å². The predicted molar refractivity (Wildman–Crippen MR) is 74.6 cm³/mol. The van der Waals surface area contributed by atoms with Gasteiger partial charge in [-0.15, -0.1) is 0 Å². The monoisotopic (exact) mass is 282 g/mol. The van der Waals surface area contributed by atoms with E-state index in [-0.39, 0.29) is 4.90 Å². The number of imidazole rings is 1. The van der Waals surface area contributed by atoms with Crippen LogP contribution in [-0.2, 0) is 10.0 Å². The van der Waals surface area contributed by atoms with E-state index in [2.05, 4.69) is 14.7 Å². The first-order valence-corrected chi connectivity index (χ1v) is 7.47. The first kappa shape index (κ1) is 14.0. The second kappa shape index (κ2) is 5.28. The summed E-state index contributed by atoms with van der Waals surface area (Å²) in [7, 11) is 0.331. The average Bonchev–Trinajstić information content (AvgIpc) is 2.67. The summed E-state index contributed by atoms with van der Waals surface area (Å²) in [6.07, 6.45) is 0. The molecule has 1 aromatic heterocycles. The maximum Gasteiger partial charge on any atom is 0.240 e. The molecule has 0 bridgehead atoms. The van der Waals surface area contributed by atoms with Gasteiger partial charge in [-0.05, 0) is 39.2 Å². The summed E-state index contributed by atoms with van der Waals surface area (Å²) >= 11 is 0. The summed E-state index contributed by atoms with van der Waals surface area (Å²) in [4.78, 5) is 9.45. The number of fused-ring (bicyclic) bond motifs is 1. The van der Waals surface area contributed by atoms with Crippen molar-refractivity contribution < 1.29 is 8.42 Å². The lowest BCUT2D eigenvalue weighted by Gasteiger charge is -2.10. The number of nitrogens with one attached hydrogen (secondary N) is 2. The Labute approximate surface area is 112 Å². The first-order valence-electron chi connectivity index (χ1n) is 5.99. The van der Waals surface area contributed by atoms with Gasteiger partial charge in [-0.3, -0.25) is 0 Å². The number of aryl methyl sites for hydroxylation is 1. The summed E-state index contributed by atoms with van der Waals surface area (Å²) in [6.45, 7) is 2.88. The minimum absolute atomic E-state index is 0.252. The molecule has 1 heterocycles. The fraction of sp³-hybridized carbons (Fsp3) is 0.417. The second-order valence-electron chi connectivity index (χ2n) is 4.70. The molecular weight excluding hydrogens is 264 g/mol. The van der Waals surface area contributed by atoms with Crippen molar-refractivity contribution in [3.8, 4) is 0 Å². The molecule has 0 atom stereocenters. The van der Waals surface area contributed by atoms with E-state index in [1.54, 1.807) is 18.2 Å². The number of nitrogens with zero attached hydrogens (tertiary/aromatic N) is 2. The normalized spacial score (nSPS) is 12.4. The van der Waals surface area contributed by atoms with Crippen LogP contribution in [-0.4, -0.2) is 50.5 Å². The average molecular weight is 282 g/mol. The molecule has 104 valence electrons. The van der Waals surface area contributed by atoms with E-state index in [0.717, 1.165) is 16.9 Å². The van der Waals surface area contributed by atoms with Crippen LogP contribution in [0.2, 0.25) is 0 Å². The van der Waals surface area contributed by atoms with Gasteiger partial charge in [0.05, 0.1) is 15.9 Å². The topological polar surface area (TPSA) is 78.1 Å². The van der Waals surface area contributed by atoms with Crippen LogP contribution in [0.15, 0.2) is 23.1 Å². The van der Waals surface area contributed by atoms with Crippen molar-refractivity contribution in [1.29, 1.82) is 0 Å². The van der Waals surface area contributed by atoms with E-state index in [4.69, 9.17) is 0 Å². The number of aromatic nitrogens is 2. The van der Waals surface area contributed by atoms with Gasteiger partial charge in [0.25, 0.3) is 0 Å². The zero-order valence-electron chi connectivity index (χ0n) is 11.3. The highest BCUT2D eigenvalue weighted by molar-refractivity contribution is 7.89. The fourth-order valence-electron chi connectivity index (χ4n) is 1.77. The zero-order chi connectivity index (χ0) is 14.0. The SMILES string of the molecule is Cc1nc2ccc(S(=O)(=O)NCCN(C)C)cc2[nH]1. The van der Waals surface area contributed by atoms with E-state index in [9.17, 15) is 8.42 Å². The standard InChI is InChI=1S/C12H18N4O2S/c1-9-14-11-5-4-10(8-12(11)15-9)19(17,18)13-6-7-16(2)3/h4-5,8,13H,6-7H2,1-3H3,(H,14,15). The van der Waals surface area contributed by atoms with Crippen LogP contribution in [0.3, 0.4) is 0 Å². The van der Waals surface area contributed by atoms with Gasteiger partial charge in [-0.1, -0.05) is 0 Å². The highest BCUT2D eigenvalue weighted by Crippen LogP contribution is 2.16. The molecule has 0 radical (unpaired) electrons. The van der Waals surface area contributed by atoms with Crippen LogP contribution in [0.4, 0.5) is 0 Å². The molecule has 19 heavy (non-hydrogen) atoms. The molecule has 0 unspecified atom stereocenters. The molecule has 2 rings (SSSR count). The van der Waals surface area contributed by atoms with Crippen LogP contribution in [0.5, 0.6) is 0 Å². The van der Waals surface area contributed by atoms with Gasteiger partial charge in [-0.25, -0.2) is 18.1 Å². The molecule has 0 saturated heterocycles. The number of aromatic amines is 1. The Balaban J connectivity index is 2.22. The Morgan fingerprint density at radius 1 is 1.37 bits per heavy atom. The van der Waals surface area contributed by atoms with Crippen LogP contribution in [0.1, 0.15) is 5.82 Å². The maximum atomic E-state index is 12.1. The van der Waals surface area contributed by atoms with Gasteiger partial charge in [0, 0.05) is 13.1 Å². The number of H-pyrrole nitrogens is 1. The fourth-order valence-corrected chi connectivity index (χ4v) is 2.82. The number of benzene rings is 1. The van der Waals surface area contributed by atoms with E-state index >= 15 is 0 Å². The van der Waals surface area contributed by atoms with E-state index in [1.807, 2.05) is 25.9 Å². The Kier molecular flexibility index (Phi) is 3.88. The lowest BCUT2D eigenvalue weighted by molar-refractivity contribution is 0.412. The highest BCUT2D eigenvalue weighted by Gasteiger charge is 2.14. The first-order chi connectivity index (χ1) is 8.88. The molecule has 7 heteroatoms. The van der Waals surface area contributed by atoms with Gasteiger partial charge in [-0.2, -0.15) is 0 Å². The van der Waals surface area contributed by atoms with Gasteiger partial charge in [0.2, 0.25) is 10.0 Å². The summed E-state index contributed by atoms with van der Waals surface area (Å²) in [6, 6.07) is 4.88. The Bertz CT molecular complexity index is 676. The largest absolute Gasteiger partial charge is 0.342 e. The summed E-state index contributed by atoms with van der Waals surface area (Å²) < 4.78 is 26.8. The smallest absolute Gasteiger partial charge is 0.240 e. The van der Waals surface area contributed by atoms with Crippen molar-refractivity contribution in [2.75, 3.05) is 27.2 Å². The number of sulfonamides is 1. The van der Waals surface area contributed by atoms with E-state index in [1.165, 1.54) is 0 Å². The third-order valence-corrected chi connectivity index (χ3v) is 4.19. The molecule has 0 amide bonds. The minimum Gasteiger partial charge on any atom is -0.342 e. The molecule has 0 spiro atoms. The molecule has 2 aromatic rings. The molecule has 0 aliphatic rings. The summed E-state index contributed by atoms with van der Waals surface area (Å²) in [5.41, 5.74) is 1.50. The quantitative estimate of drug-likeness (QED) is 0.846. The van der Waals surface area contributed by atoms with E-state index < -0.39 is 10.0 Å². The molecule has 0 aliphatic heterocycles. The molecule has 0 fully saturated rings. The number of hydrogen-bond donors (Lipinski definition) is 2. The number of likely N-dealkylation sites (N-methyl/N-ethyl adjacent to an activating group) is 1. The summed E-state index contributed by atoms with van der Waals surface area (Å²) in [5, 5.41) is 0. The van der Waals surface area contributed by atoms with Crippen molar-refractivity contribution in [1.82, 2.24) is 19.6 Å². The Morgan fingerprint density at radius 3 is 2.79 bits per heavy atom. The van der Waals surface area contributed by atoms with Crippen molar-refractivity contribution in [2.45, 2.75) is 11.8 Å². The third kappa shape index (κ3) is 3.31. The predicted octanol–water partition coefficient (Wildman–Crippen LogP) is 0.711. The maximum absolute atomic E-state index is 12.1. The van der Waals surface area contributed by atoms with Crippen LogP contribution < -0.4 is 4.72 Å². The highest BCUT2D eigenvalue weighted by atomic mass is 32.2. The molecule has 6 nitrogen and oxygen atoms in total. The molecular formula is C12H18N4O2S. The molecule has 1 aromatic carbocycles. The zero-order valence-corrected chi connectivity index (χ0v) is 12.1. The van der Waals surface area contributed by atoms with E-state index in [0.29, 0.717) is 13.1 Å². The van der Waals surface area contributed by atoms with Crippen LogP contribution in [0, 0.1) is 6.92 Å². The molecule has 0 saturated carbocycles. The number of rotatable bonds is 5. The lowest BCUT2D eigenvalue weighted by Crippen LogP contribution is -2.31. The van der Waals surface area contributed by atoms with Crippen molar-refractivity contribution >= 4 is 21.1 Å². The second-order valence-corrected chi connectivity index (χ2v) is 6.47. The summed E-state index contributed by atoms with van der Waals surface area (Å²) in [5.74, 6) is 0.769. The third-order valence-electron chi connectivity index (χ3n) is 2.73. The van der Waals surface area contributed by atoms with Crippen LogP contribution in [0.25, 0.3) is 11.0 Å². The lowest BCUT2D eigenvalue weighted by atomic mass is 10.3. The Morgan fingerprint density at radius 2 is 2.11 bits per heavy atom. The van der Waals surface area contributed by atoms with Crippen molar-refractivity contribution in [2.24, 2.45) is 0 Å². The van der Waals surface area contributed by atoms with Gasteiger partial charge < -0.3 is 9.88 Å². The minimum atomic E-state index is -3.46. The van der Waals surface area contributed by atoms with Gasteiger partial charge >= 0.3 is 0 Å². The molecule has 2 N–H and O–H groups in total. The van der Waals surface area contributed by atoms with Gasteiger partial charge in [0.15, 0.2) is 0 Å². The molecule has 0 aliphatic carbocycles. The number of hydrogen-bond acceptors (Lipinski definition) is 4. The van der Waals surface area contributed by atoms with Crippen molar-refractivity contribution in [3.63, 3.8) is 0 Å². The Hall–Kier alpha value is -1.44.